The average molecular weight is 324 g/mol. The molecule has 1 aromatic carbocycles. The van der Waals surface area contributed by atoms with Crippen molar-refractivity contribution in [1.82, 2.24) is 0 Å². The van der Waals surface area contributed by atoms with Crippen LogP contribution in [-0.4, -0.2) is 13.1 Å². The van der Waals surface area contributed by atoms with Gasteiger partial charge in [0, 0.05) is 6.08 Å². The van der Waals surface area contributed by atoms with Gasteiger partial charge in [0.25, 0.3) is 0 Å². The summed E-state index contributed by atoms with van der Waals surface area (Å²) in [5.41, 5.74) is 5.79. The molecule has 0 saturated heterocycles. The number of rotatable bonds is 7. The third-order valence-electron chi connectivity index (χ3n) is 3.66. The van der Waals surface area contributed by atoms with E-state index in [1.165, 1.54) is 24.3 Å². The number of hydrogen-bond acceptors (Lipinski definition) is 2. The highest BCUT2D eigenvalue weighted by atomic mass is 16.5. The SMILES string of the molecule is COC(=O)C=C(C)c1ccc(C=CC=C(C)CCC=C(C)C)cc1. The molecule has 2 heteroatoms. The van der Waals surface area contributed by atoms with Crippen molar-refractivity contribution < 1.29 is 9.53 Å². The molecule has 0 fully saturated rings. The van der Waals surface area contributed by atoms with Crippen molar-refractivity contribution in [1.29, 1.82) is 0 Å². The molecule has 0 aliphatic carbocycles. The number of hydrogen-bond donors (Lipinski definition) is 0. The van der Waals surface area contributed by atoms with Gasteiger partial charge in [-0.25, -0.2) is 4.79 Å². The number of benzene rings is 1. The van der Waals surface area contributed by atoms with E-state index in [0.29, 0.717) is 0 Å². The van der Waals surface area contributed by atoms with Crippen LogP contribution < -0.4 is 0 Å². The van der Waals surface area contributed by atoms with Gasteiger partial charge in [0.2, 0.25) is 0 Å². The van der Waals surface area contributed by atoms with Crippen molar-refractivity contribution in [3.05, 3.63) is 70.8 Å². The van der Waals surface area contributed by atoms with Gasteiger partial charge in [0.05, 0.1) is 7.11 Å². The predicted molar refractivity (Wildman–Crippen MR) is 104 cm³/mol. The maximum absolute atomic E-state index is 11.3. The molecule has 0 atom stereocenters. The van der Waals surface area contributed by atoms with E-state index in [9.17, 15) is 4.79 Å². The monoisotopic (exact) mass is 324 g/mol. The molecule has 0 aliphatic heterocycles. The summed E-state index contributed by atoms with van der Waals surface area (Å²) in [4.78, 5) is 11.3. The lowest BCUT2D eigenvalue weighted by Gasteiger charge is -2.02. The molecule has 0 bridgehead atoms. The van der Waals surface area contributed by atoms with E-state index in [1.54, 1.807) is 0 Å². The van der Waals surface area contributed by atoms with Gasteiger partial charge in [-0.1, -0.05) is 59.7 Å². The molecule has 0 saturated carbocycles. The Morgan fingerprint density at radius 1 is 1.08 bits per heavy atom. The molecule has 0 amide bonds. The van der Waals surface area contributed by atoms with E-state index in [4.69, 9.17) is 0 Å². The van der Waals surface area contributed by atoms with Gasteiger partial charge in [0.15, 0.2) is 0 Å². The fourth-order valence-electron chi connectivity index (χ4n) is 2.17. The van der Waals surface area contributed by atoms with Crippen molar-refractivity contribution in [3.8, 4) is 0 Å². The van der Waals surface area contributed by atoms with Gasteiger partial charge in [-0.05, 0) is 57.2 Å². The summed E-state index contributed by atoms with van der Waals surface area (Å²) in [5.74, 6) is -0.329. The quantitative estimate of drug-likeness (QED) is 0.267. The normalized spacial score (nSPS) is 12.4. The van der Waals surface area contributed by atoms with E-state index >= 15 is 0 Å². The molecule has 2 nitrogen and oxygen atoms in total. The second-order valence-electron chi connectivity index (χ2n) is 6.16. The summed E-state index contributed by atoms with van der Waals surface area (Å²) in [6.45, 7) is 8.32. The Hall–Kier alpha value is -2.35. The first kappa shape index (κ1) is 19.7. The van der Waals surface area contributed by atoms with Crippen LogP contribution in [0.1, 0.15) is 51.7 Å². The van der Waals surface area contributed by atoms with Crippen LogP contribution in [0.2, 0.25) is 0 Å². The first-order chi connectivity index (χ1) is 11.4. The highest BCUT2D eigenvalue weighted by Crippen LogP contribution is 2.16. The van der Waals surface area contributed by atoms with Gasteiger partial charge in [-0.15, -0.1) is 0 Å². The molecule has 128 valence electrons. The lowest BCUT2D eigenvalue weighted by atomic mass is 10.0. The Kier molecular flexibility index (Phi) is 8.56. The van der Waals surface area contributed by atoms with E-state index in [2.05, 4.69) is 49.8 Å². The Bertz CT molecular complexity index is 652. The highest BCUT2D eigenvalue weighted by Gasteiger charge is 1.99. The van der Waals surface area contributed by atoms with E-state index in [1.807, 2.05) is 31.2 Å². The second-order valence-corrected chi connectivity index (χ2v) is 6.16. The molecule has 0 spiro atoms. The zero-order valence-electron chi connectivity index (χ0n) is 15.4. The van der Waals surface area contributed by atoms with E-state index in [-0.39, 0.29) is 5.97 Å². The molecule has 0 aliphatic rings. The highest BCUT2D eigenvalue weighted by molar-refractivity contribution is 5.90. The Labute approximate surface area is 146 Å². The molecule has 24 heavy (non-hydrogen) atoms. The number of ether oxygens (including phenoxy) is 1. The third-order valence-corrected chi connectivity index (χ3v) is 3.66. The van der Waals surface area contributed by atoms with Crippen LogP contribution in [0.3, 0.4) is 0 Å². The minimum Gasteiger partial charge on any atom is -0.466 e. The smallest absolute Gasteiger partial charge is 0.330 e. The van der Waals surface area contributed by atoms with Gasteiger partial charge in [-0.3, -0.25) is 0 Å². The Balaban J connectivity index is 2.65. The maximum atomic E-state index is 11.3. The zero-order chi connectivity index (χ0) is 17.9. The van der Waals surface area contributed by atoms with Crippen LogP contribution >= 0.6 is 0 Å². The van der Waals surface area contributed by atoms with Crippen molar-refractivity contribution >= 4 is 17.6 Å². The molecule has 0 unspecified atom stereocenters. The van der Waals surface area contributed by atoms with Crippen LogP contribution in [0.15, 0.2) is 59.7 Å². The second kappa shape index (κ2) is 10.4. The molecule has 1 aromatic rings. The van der Waals surface area contributed by atoms with Gasteiger partial charge in [-0.2, -0.15) is 0 Å². The predicted octanol–water partition coefficient (Wildman–Crippen LogP) is 5.97. The van der Waals surface area contributed by atoms with Crippen LogP contribution in [0.4, 0.5) is 0 Å². The molecule has 1 rings (SSSR count). The van der Waals surface area contributed by atoms with E-state index in [0.717, 1.165) is 29.5 Å². The molecular weight excluding hydrogens is 296 g/mol. The van der Waals surface area contributed by atoms with Gasteiger partial charge in [0.1, 0.15) is 0 Å². The number of methoxy groups -OCH3 is 1. The van der Waals surface area contributed by atoms with Crippen LogP contribution in [0, 0.1) is 0 Å². The van der Waals surface area contributed by atoms with Crippen LogP contribution in [-0.2, 0) is 9.53 Å². The third kappa shape index (κ3) is 7.77. The summed E-state index contributed by atoms with van der Waals surface area (Å²) >= 11 is 0. The van der Waals surface area contributed by atoms with Gasteiger partial charge >= 0.3 is 5.97 Å². The Morgan fingerprint density at radius 3 is 2.33 bits per heavy atom. The van der Waals surface area contributed by atoms with E-state index < -0.39 is 0 Å². The largest absolute Gasteiger partial charge is 0.466 e. The average Bonchev–Trinajstić information content (AvgIpc) is 2.55. The summed E-state index contributed by atoms with van der Waals surface area (Å²) < 4.78 is 4.65. The minimum atomic E-state index is -0.329. The lowest BCUT2D eigenvalue weighted by Crippen LogP contribution is -1.95. The fourth-order valence-corrected chi connectivity index (χ4v) is 2.17. The Morgan fingerprint density at radius 2 is 1.75 bits per heavy atom. The van der Waals surface area contributed by atoms with Crippen molar-refractivity contribution in [2.24, 2.45) is 0 Å². The molecular formula is C22H28O2. The zero-order valence-corrected chi connectivity index (χ0v) is 15.4. The number of carbonyl (C=O) groups excluding carboxylic acids is 1. The number of carbonyl (C=O) groups is 1. The summed E-state index contributed by atoms with van der Waals surface area (Å²) in [6, 6.07) is 8.12. The molecule has 0 radical (unpaired) electrons. The fraction of sp³-hybridized carbons (Fsp3) is 0.318. The summed E-state index contributed by atoms with van der Waals surface area (Å²) in [6.07, 6.45) is 12.3. The first-order valence-corrected chi connectivity index (χ1v) is 8.26. The summed E-state index contributed by atoms with van der Waals surface area (Å²) in [7, 11) is 1.38. The first-order valence-electron chi connectivity index (χ1n) is 8.26. The minimum absolute atomic E-state index is 0.329. The van der Waals surface area contributed by atoms with Crippen LogP contribution in [0.5, 0.6) is 0 Å². The molecule has 0 aromatic heterocycles. The lowest BCUT2D eigenvalue weighted by molar-refractivity contribution is -0.134. The summed E-state index contributed by atoms with van der Waals surface area (Å²) in [5, 5.41) is 0. The van der Waals surface area contributed by atoms with Crippen molar-refractivity contribution in [3.63, 3.8) is 0 Å². The number of esters is 1. The van der Waals surface area contributed by atoms with Crippen molar-refractivity contribution in [2.75, 3.05) is 7.11 Å². The standard InChI is InChI=1S/C22H28O2/c1-17(2)8-6-9-18(3)10-7-11-20-12-14-21(15-13-20)19(4)16-22(23)24-5/h7-8,10-16H,6,9H2,1-5H3. The van der Waals surface area contributed by atoms with Crippen LogP contribution in [0.25, 0.3) is 11.6 Å². The molecule has 0 heterocycles. The maximum Gasteiger partial charge on any atom is 0.330 e. The van der Waals surface area contributed by atoms with Crippen molar-refractivity contribution in [2.45, 2.75) is 40.5 Å². The van der Waals surface area contributed by atoms with Gasteiger partial charge < -0.3 is 4.74 Å². The topological polar surface area (TPSA) is 26.3 Å². The number of allylic oxidation sites excluding steroid dienone is 6. The molecule has 0 N–H and O–H groups in total.